The highest BCUT2D eigenvalue weighted by atomic mass is 16.6. The first kappa shape index (κ1) is 10.5. The highest BCUT2D eigenvalue weighted by Crippen LogP contribution is 2.26. The van der Waals surface area contributed by atoms with Crippen molar-refractivity contribution >= 4 is 0 Å². The number of rotatable bonds is 2. The lowest BCUT2D eigenvalue weighted by Crippen LogP contribution is -2.09. The fourth-order valence-electron chi connectivity index (χ4n) is 1.41. The molecule has 0 bridgehead atoms. The standard InChI is InChI=1S/C11H12N2O3/c1-7-5-4-6-8(2)9(7)15-10-12-13(3)11(14)16-10/h4-6H,1-3H3. The van der Waals surface area contributed by atoms with Gasteiger partial charge in [-0.1, -0.05) is 23.3 Å². The van der Waals surface area contributed by atoms with E-state index in [0.29, 0.717) is 5.75 Å². The summed E-state index contributed by atoms with van der Waals surface area (Å²) in [6, 6.07) is 5.78. The van der Waals surface area contributed by atoms with Crippen molar-refractivity contribution in [2.45, 2.75) is 13.8 Å². The van der Waals surface area contributed by atoms with Crippen LogP contribution in [-0.4, -0.2) is 9.78 Å². The second kappa shape index (κ2) is 3.84. The lowest BCUT2D eigenvalue weighted by Gasteiger charge is -2.06. The molecule has 0 amide bonds. The Morgan fingerprint density at radius 3 is 2.44 bits per heavy atom. The van der Waals surface area contributed by atoms with Crippen LogP contribution in [0.25, 0.3) is 0 Å². The average Bonchev–Trinajstić information content (AvgIpc) is 2.53. The van der Waals surface area contributed by atoms with Gasteiger partial charge in [-0.3, -0.25) is 0 Å². The van der Waals surface area contributed by atoms with Crippen LogP contribution in [0.5, 0.6) is 11.8 Å². The van der Waals surface area contributed by atoms with E-state index in [1.807, 2.05) is 32.0 Å². The largest absolute Gasteiger partial charge is 0.439 e. The second-order valence-corrected chi connectivity index (χ2v) is 3.58. The van der Waals surface area contributed by atoms with Crippen molar-refractivity contribution in [3.8, 4) is 11.8 Å². The van der Waals surface area contributed by atoms with Crippen molar-refractivity contribution in [3.05, 3.63) is 39.9 Å². The number of aromatic nitrogens is 2. The molecule has 0 radical (unpaired) electrons. The molecule has 2 aromatic rings. The molecule has 1 aromatic heterocycles. The summed E-state index contributed by atoms with van der Waals surface area (Å²) in [5, 5.41) is 3.80. The number of nitrogens with zero attached hydrogens (tertiary/aromatic N) is 2. The molecule has 16 heavy (non-hydrogen) atoms. The van der Waals surface area contributed by atoms with Gasteiger partial charge < -0.3 is 9.15 Å². The van der Waals surface area contributed by atoms with Crippen LogP contribution >= 0.6 is 0 Å². The maximum atomic E-state index is 11.1. The minimum absolute atomic E-state index is 0.0371. The summed E-state index contributed by atoms with van der Waals surface area (Å²) in [6.07, 6.45) is -0.0371. The Labute approximate surface area is 92.3 Å². The Hall–Kier alpha value is -2.04. The fraction of sp³-hybridized carbons (Fsp3) is 0.273. The molecule has 0 aliphatic heterocycles. The maximum absolute atomic E-state index is 11.1. The molecule has 2 rings (SSSR count). The Bertz CT molecular complexity index is 549. The van der Waals surface area contributed by atoms with Crippen LogP contribution in [0.3, 0.4) is 0 Å². The summed E-state index contributed by atoms with van der Waals surface area (Å²) >= 11 is 0. The van der Waals surface area contributed by atoms with Gasteiger partial charge in [0.1, 0.15) is 5.75 Å². The summed E-state index contributed by atoms with van der Waals surface area (Å²) in [5.41, 5.74) is 1.93. The quantitative estimate of drug-likeness (QED) is 0.774. The summed E-state index contributed by atoms with van der Waals surface area (Å²) in [4.78, 5) is 11.1. The van der Waals surface area contributed by atoms with Gasteiger partial charge in [-0.05, 0) is 25.0 Å². The van der Waals surface area contributed by atoms with E-state index < -0.39 is 5.76 Å². The molecule has 5 heteroatoms. The molecule has 0 N–H and O–H groups in total. The highest BCUT2D eigenvalue weighted by Gasteiger charge is 2.10. The molecular weight excluding hydrogens is 208 g/mol. The summed E-state index contributed by atoms with van der Waals surface area (Å²) in [6.45, 7) is 3.84. The van der Waals surface area contributed by atoms with Gasteiger partial charge in [-0.15, -0.1) is 0 Å². The molecule has 5 nitrogen and oxygen atoms in total. The second-order valence-electron chi connectivity index (χ2n) is 3.58. The van der Waals surface area contributed by atoms with Crippen LogP contribution in [0, 0.1) is 13.8 Å². The van der Waals surface area contributed by atoms with E-state index in [0.717, 1.165) is 15.8 Å². The molecule has 0 spiro atoms. The molecule has 0 unspecified atom stereocenters. The van der Waals surface area contributed by atoms with Gasteiger partial charge in [0, 0.05) is 7.05 Å². The van der Waals surface area contributed by atoms with Gasteiger partial charge in [0.25, 0.3) is 0 Å². The molecule has 1 heterocycles. The van der Waals surface area contributed by atoms with E-state index in [9.17, 15) is 4.79 Å². The van der Waals surface area contributed by atoms with Crippen molar-refractivity contribution in [2.75, 3.05) is 0 Å². The van der Waals surface area contributed by atoms with Crippen molar-refractivity contribution in [2.24, 2.45) is 7.05 Å². The predicted molar refractivity (Wildman–Crippen MR) is 57.7 cm³/mol. The molecule has 0 saturated heterocycles. The van der Waals surface area contributed by atoms with Crippen molar-refractivity contribution in [1.29, 1.82) is 0 Å². The summed E-state index contributed by atoms with van der Waals surface area (Å²) in [7, 11) is 1.50. The molecule has 0 fully saturated rings. The van der Waals surface area contributed by atoms with Gasteiger partial charge in [0.2, 0.25) is 0 Å². The number of aryl methyl sites for hydroxylation is 3. The van der Waals surface area contributed by atoms with Gasteiger partial charge in [-0.25, -0.2) is 4.79 Å². The first-order chi connectivity index (χ1) is 7.58. The van der Waals surface area contributed by atoms with E-state index >= 15 is 0 Å². The van der Waals surface area contributed by atoms with Crippen molar-refractivity contribution in [1.82, 2.24) is 9.78 Å². The third kappa shape index (κ3) is 1.84. The lowest BCUT2D eigenvalue weighted by molar-refractivity contribution is 0.317. The molecular formula is C11H12N2O3. The van der Waals surface area contributed by atoms with E-state index in [4.69, 9.17) is 9.15 Å². The molecule has 0 aliphatic carbocycles. The van der Waals surface area contributed by atoms with E-state index in [-0.39, 0.29) is 6.08 Å². The van der Waals surface area contributed by atoms with E-state index in [1.54, 1.807) is 0 Å². The third-order valence-corrected chi connectivity index (χ3v) is 2.27. The smallest absolute Gasteiger partial charge is 0.409 e. The molecule has 0 saturated carbocycles. The number of para-hydroxylation sites is 1. The van der Waals surface area contributed by atoms with Gasteiger partial charge in [-0.2, -0.15) is 4.68 Å². The van der Waals surface area contributed by atoms with Gasteiger partial charge in [0.15, 0.2) is 0 Å². The predicted octanol–water partition coefficient (Wildman–Crippen LogP) is 1.78. The van der Waals surface area contributed by atoms with E-state index in [2.05, 4.69) is 5.10 Å². The summed E-state index contributed by atoms with van der Waals surface area (Å²) < 4.78 is 11.3. The van der Waals surface area contributed by atoms with Gasteiger partial charge in [0.05, 0.1) is 0 Å². The van der Waals surface area contributed by atoms with Crippen LogP contribution < -0.4 is 10.5 Å². The minimum Gasteiger partial charge on any atom is -0.409 e. The normalized spacial score (nSPS) is 10.4. The Kier molecular flexibility index (Phi) is 2.52. The zero-order valence-corrected chi connectivity index (χ0v) is 9.35. The minimum atomic E-state index is -0.541. The van der Waals surface area contributed by atoms with Crippen molar-refractivity contribution < 1.29 is 9.15 Å². The Morgan fingerprint density at radius 1 is 1.31 bits per heavy atom. The average molecular weight is 220 g/mol. The van der Waals surface area contributed by atoms with Crippen molar-refractivity contribution in [3.63, 3.8) is 0 Å². The first-order valence-corrected chi connectivity index (χ1v) is 4.86. The first-order valence-electron chi connectivity index (χ1n) is 4.86. The Balaban J connectivity index is 2.37. The van der Waals surface area contributed by atoms with Crippen LogP contribution in [0.15, 0.2) is 27.4 Å². The highest BCUT2D eigenvalue weighted by molar-refractivity contribution is 5.40. The van der Waals surface area contributed by atoms with E-state index in [1.165, 1.54) is 7.05 Å². The number of hydrogen-bond acceptors (Lipinski definition) is 4. The monoisotopic (exact) mass is 220 g/mol. The maximum Gasteiger partial charge on any atom is 0.439 e. The topological polar surface area (TPSA) is 57.3 Å². The molecule has 0 aliphatic rings. The lowest BCUT2D eigenvalue weighted by atomic mass is 10.1. The number of benzene rings is 1. The zero-order chi connectivity index (χ0) is 11.7. The molecule has 0 atom stereocenters. The van der Waals surface area contributed by atoms with Crippen LogP contribution in [0.2, 0.25) is 0 Å². The summed E-state index contributed by atoms with van der Waals surface area (Å²) in [5.74, 6) is 0.130. The molecule has 1 aromatic carbocycles. The van der Waals surface area contributed by atoms with Gasteiger partial charge >= 0.3 is 11.8 Å². The molecule has 84 valence electrons. The van der Waals surface area contributed by atoms with Crippen LogP contribution in [0.4, 0.5) is 0 Å². The number of ether oxygens (including phenoxy) is 1. The van der Waals surface area contributed by atoms with Crippen LogP contribution in [-0.2, 0) is 7.05 Å². The zero-order valence-electron chi connectivity index (χ0n) is 9.35. The fourth-order valence-corrected chi connectivity index (χ4v) is 1.41. The Morgan fingerprint density at radius 2 is 1.94 bits per heavy atom. The van der Waals surface area contributed by atoms with Crippen LogP contribution in [0.1, 0.15) is 11.1 Å². The third-order valence-electron chi connectivity index (χ3n) is 2.27. The SMILES string of the molecule is Cc1cccc(C)c1Oc1nn(C)c(=O)o1. The number of hydrogen-bond donors (Lipinski definition) is 0.